The largest absolute Gasteiger partial charge is 0.243 e. The normalized spacial score (nSPS) is 14.2. The third-order valence-electron chi connectivity index (χ3n) is 3.11. The van der Waals surface area contributed by atoms with E-state index in [0.29, 0.717) is 9.50 Å². The van der Waals surface area contributed by atoms with Gasteiger partial charge in [0.2, 0.25) is 10.0 Å². The number of hydrogen-bond donors (Lipinski definition) is 0. The third-order valence-corrected chi connectivity index (χ3v) is 6.26. The first-order valence-corrected chi connectivity index (χ1v) is 8.22. The average molecular weight is 355 g/mol. The maximum atomic E-state index is 12.4. The molecule has 6 heteroatoms. The van der Waals surface area contributed by atoms with Crippen molar-refractivity contribution >= 4 is 37.6 Å². The summed E-state index contributed by atoms with van der Waals surface area (Å²) in [7, 11) is -1.88. The molecule has 0 amide bonds. The zero-order valence-electron chi connectivity index (χ0n) is 10.8. The van der Waals surface area contributed by atoms with Crippen LogP contribution in [0.4, 0.5) is 0 Å². The van der Waals surface area contributed by atoms with Crippen molar-refractivity contribution in [2.24, 2.45) is 5.92 Å². The van der Waals surface area contributed by atoms with E-state index in [1.807, 2.05) is 20.8 Å². The summed E-state index contributed by atoms with van der Waals surface area (Å²) in [5.41, 5.74) is 0. The van der Waals surface area contributed by atoms with Gasteiger partial charge in [-0.3, -0.25) is 0 Å². The molecule has 0 saturated carbocycles. The van der Waals surface area contributed by atoms with E-state index >= 15 is 0 Å². The summed E-state index contributed by atoms with van der Waals surface area (Å²) in [4.78, 5) is 0.244. The highest BCUT2D eigenvalue weighted by Gasteiger charge is 2.27. The van der Waals surface area contributed by atoms with E-state index < -0.39 is 10.0 Å². The molecule has 0 heterocycles. The molecule has 0 bridgehead atoms. The second-order valence-corrected chi connectivity index (χ2v) is 7.84. The Balaban J connectivity index is 3.17. The van der Waals surface area contributed by atoms with Gasteiger partial charge in [-0.05, 0) is 47.0 Å². The van der Waals surface area contributed by atoms with Gasteiger partial charge in [-0.1, -0.05) is 25.4 Å². The predicted octanol–water partition coefficient (Wildman–Crippen LogP) is 3.77. The molecule has 0 N–H and O–H groups in total. The maximum absolute atomic E-state index is 12.4. The molecule has 0 aliphatic rings. The van der Waals surface area contributed by atoms with Crippen LogP contribution in [0, 0.1) is 5.92 Å². The minimum atomic E-state index is -3.48. The SMILES string of the molecule is CC(C)C(C)N(C)S(=O)(=O)c1ccc(Cl)c(Br)c1. The van der Waals surface area contributed by atoms with E-state index in [1.54, 1.807) is 13.1 Å². The summed E-state index contributed by atoms with van der Waals surface area (Å²) in [6.45, 7) is 5.89. The van der Waals surface area contributed by atoms with Crippen LogP contribution in [-0.2, 0) is 10.0 Å². The van der Waals surface area contributed by atoms with Gasteiger partial charge in [0.25, 0.3) is 0 Å². The van der Waals surface area contributed by atoms with Crippen LogP contribution < -0.4 is 0 Å². The lowest BCUT2D eigenvalue weighted by Crippen LogP contribution is -2.38. The third kappa shape index (κ3) is 3.26. The van der Waals surface area contributed by atoms with Gasteiger partial charge in [-0.25, -0.2) is 8.42 Å². The molecule has 102 valence electrons. The molecule has 1 aromatic rings. The Kier molecular flexibility index (Phi) is 5.23. The minimum Gasteiger partial charge on any atom is -0.207 e. The standard InChI is InChI=1S/C12H17BrClNO2S/c1-8(2)9(3)15(4)18(16,17)10-5-6-12(14)11(13)7-10/h5-9H,1-4H3. The van der Waals surface area contributed by atoms with Gasteiger partial charge < -0.3 is 0 Å². The van der Waals surface area contributed by atoms with E-state index in [4.69, 9.17) is 11.6 Å². The topological polar surface area (TPSA) is 37.4 Å². The summed E-state index contributed by atoms with van der Waals surface area (Å²) in [5.74, 6) is 0.250. The molecule has 0 aliphatic carbocycles. The molecule has 0 radical (unpaired) electrons. The monoisotopic (exact) mass is 353 g/mol. The second-order valence-electron chi connectivity index (χ2n) is 4.58. The van der Waals surface area contributed by atoms with Crippen molar-refractivity contribution in [3.05, 3.63) is 27.7 Å². The molecule has 0 fully saturated rings. The van der Waals surface area contributed by atoms with Gasteiger partial charge in [-0.2, -0.15) is 4.31 Å². The fraction of sp³-hybridized carbons (Fsp3) is 0.500. The summed E-state index contributed by atoms with van der Waals surface area (Å²) in [6.07, 6.45) is 0. The summed E-state index contributed by atoms with van der Waals surface area (Å²) in [5, 5.41) is 0.494. The first-order chi connectivity index (χ1) is 8.17. The van der Waals surface area contributed by atoms with Gasteiger partial charge in [0.1, 0.15) is 0 Å². The number of nitrogens with zero attached hydrogens (tertiary/aromatic N) is 1. The summed E-state index contributed by atoms with van der Waals surface area (Å²) >= 11 is 9.11. The van der Waals surface area contributed by atoms with Crippen LogP contribution in [0.15, 0.2) is 27.6 Å². The first-order valence-electron chi connectivity index (χ1n) is 5.61. The highest BCUT2D eigenvalue weighted by molar-refractivity contribution is 9.10. The Morgan fingerprint density at radius 3 is 2.28 bits per heavy atom. The van der Waals surface area contributed by atoms with Crippen molar-refractivity contribution in [3.8, 4) is 0 Å². The zero-order valence-corrected chi connectivity index (χ0v) is 14.0. The molecule has 1 rings (SSSR count). The lowest BCUT2D eigenvalue weighted by atomic mass is 10.1. The van der Waals surface area contributed by atoms with E-state index in [-0.39, 0.29) is 16.9 Å². The van der Waals surface area contributed by atoms with Crippen molar-refractivity contribution in [1.82, 2.24) is 4.31 Å². The second kappa shape index (κ2) is 5.90. The summed E-state index contributed by atoms with van der Waals surface area (Å²) in [6, 6.07) is 4.56. The molecule has 3 nitrogen and oxygen atoms in total. The van der Waals surface area contributed by atoms with Crippen LogP contribution in [-0.4, -0.2) is 25.8 Å². The number of benzene rings is 1. The van der Waals surface area contributed by atoms with Crippen LogP contribution in [0.25, 0.3) is 0 Å². The molecule has 18 heavy (non-hydrogen) atoms. The van der Waals surface area contributed by atoms with Crippen LogP contribution >= 0.6 is 27.5 Å². The van der Waals surface area contributed by atoms with Crippen LogP contribution in [0.3, 0.4) is 0 Å². The van der Waals surface area contributed by atoms with E-state index in [1.165, 1.54) is 16.4 Å². The minimum absolute atomic E-state index is 0.0653. The number of hydrogen-bond acceptors (Lipinski definition) is 2. The molecule has 0 aliphatic heterocycles. The number of rotatable bonds is 4. The predicted molar refractivity (Wildman–Crippen MR) is 78.4 cm³/mol. The van der Waals surface area contributed by atoms with E-state index in [9.17, 15) is 8.42 Å². The van der Waals surface area contributed by atoms with Crippen molar-refractivity contribution < 1.29 is 8.42 Å². The van der Waals surface area contributed by atoms with Crippen molar-refractivity contribution in [3.63, 3.8) is 0 Å². The quantitative estimate of drug-likeness (QED) is 0.825. The Morgan fingerprint density at radius 1 is 1.28 bits per heavy atom. The fourth-order valence-electron chi connectivity index (χ4n) is 1.44. The Labute approximate surface area is 122 Å². The van der Waals surface area contributed by atoms with Gasteiger partial charge in [0.05, 0.1) is 9.92 Å². The number of sulfonamides is 1. The molecular weight excluding hydrogens is 338 g/mol. The van der Waals surface area contributed by atoms with Gasteiger partial charge >= 0.3 is 0 Å². The van der Waals surface area contributed by atoms with Gasteiger partial charge in [0.15, 0.2) is 0 Å². The zero-order chi connectivity index (χ0) is 14.1. The Bertz CT molecular complexity index is 531. The fourth-order valence-corrected chi connectivity index (χ4v) is 3.61. The molecule has 0 saturated heterocycles. The Hall–Kier alpha value is -0.100. The molecule has 1 aromatic carbocycles. The van der Waals surface area contributed by atoms with Crippen LogP contribution in [0.5, 0.6) is 0 Å². The lowest BCUT2D eigenvalue weighted by molar-refractivity contribution is 0.316. The van der Waals surface area contributed by atoms with Gasteiger partial charge in [0, 0.05) is 17.6 Å². The van der Waals surface area contributed by atoms with Crippen molar-refractivity contribution in [1.29, 1.82) is 0 Å². The van der Waals surface area contributed by atoms with Crippen LogP contribution in [0.2, 0.25) is 5.02 Å². The molecule has 0 aromatic heterocycles. The number of halogens is 2. The molecule has 1 unspecified atom stereocenters. The van der Waals surface area contributed by atoms with Crippen molar-refractivity contribution in [2.75, 3.05) is 7.05 Å². The lowest BCUT2D eigenvalue weighted by Gasteiger charge is -2.27. The van der Waals surface area contributed by atoms with Gasteiger partial charge in [-0.15, -0.1) is 0 Å². The highest BCUT2D eigenvalue weighted by atomic mass is 79.9. The average Bonchev–Trinajstić information content (AvgIpc) is 2.30. The molecule has 1 atom stereocenters. The van der Waals surface area contributed by atoms with E-state index in [2.05, 4.69) is 15.9 Å². The van der Waals surface area contributed by atoms with E-state index in [0.717, 1.165) is 0 Å². The van der Waals surface area contributed by atoms with Crippen molar-refractivity contribution in [2.45, 2.75) is 31.7 Å². The maximum Gasteiger partial charge on any atom is 0.243 e. The smallest absolute Gasteiger partial charge is 0.207 e. The first kappa shape index (κ1) is 16.0. The highest BCUT2D eigenvalue weighted by Crippen LogP contribution is 2.27. The van der Waals surface area contributed by atoms with Crippen LogP contribution in [0.1, 0.15) is 20.8 Å². The Morgan fingerprint density at radius 2 is 1.83 bits per heavy atom. The molecule has 0 spiro atoms. The molecular formula is C12H17BrClNO2S. The summed E-state index contributed by atoms with van der Waals surface area (Å²) < 4.78 is 26.8.